The van der Waals surface area contributed by atoms with E-state index in [0.717, 1.165) is 32.1 Å². The van der Waals surface area contributed by atoms with Gasteiger partial charge in [-0.15, -0.1) is 0 Å². The summed E-state index contributed by atoms with van der Waals surface area (Å²) in [5, 5.41) is 1.80. The van der Waals surface area contributed by atoms with E-state index in [1.165, 1.54) is 6.42 Å². The van der Waals surface area contributed by atoms with Crippen LogP contribution in [0.25, 0.3) is 0 Å². The minimum atomic E-state index is -4.40. The van der Waals surface area contributed by atoms with E-state index in [9.17, 15) is 18.0 Å². The van der Waals surface area contributed by atoms with Gasteiger partial charge in [0.2, 0.25) is 5.91 Å². The minimum absolute atomic E-state index is 0.290. The smallest absolute Gasteiger partial charge is 0.364 e. The normalized spacial score (nSPS) is 26.6. The Balaban J connectivity index is 2.36. The summed E-state index contributed by atoms with van der Waals surface area (Å²) in [7, 11) is 0. The van der Waals surface area contributed by atoms with Gasteiger partial charge in [0.25, 0.3) is 0 Å². The lowest BCUT2D eigenvalue weighted by atomic mass is 9.77. The number of amides is 1. The fraction of sp³-hybridized carbons (Fsp3) is 0.929. The molecule has 0 spiro atoms. The number of hydrogen-bond donors (Lipinski definition) is 2. The number of rotatable bonds is 7. The van der Waals surface area contributed by atoms with E-state index in [1.54, 1.807) is 5.32 Å². The highest BCUT2D eigenvalue weighted by Gasteiger charge is 2.35. The van der Waals surface area contributed by atoms with Crippen LogP contribution in [0, 0.1) is 5.92 Å². The second kappa shape index (κ2) is 7.98. The van der Waals surface area contributed by atoms with Gasteiger partial charge in [-0.3, -0.25) is 4.79 Å². The number of nitrogens with two attached hydrogens (primary N) is 1. The Bertz CT molecular complexity index is 327. The molecule has 0 saturated heterocycles. The van der Waals surface area contributed by atoms with Crippen molar-refractivity contribution >= 4 is 5.91 Å². The maximum Gasteiger partial charge on any atom is 0.405 e. The molecule has 1 saturated carbocycles. The van der Waals surface area contributed by atoms with Crippen molar-refractivity contribution in [2.24, 2.45) is 11.7 Å². The van der Waals surface area contributed by atoms with E-state index in [1.807, 2.05) is 0 Å². The van der Waals surface area contributed by atoms with Gasteiger partial charge in [0.05, 0.1) is 5.60 Å². The van der Waals surface area contributed by atoms with E-state index in [2.05, 4.69) is 6.92 Å². The zero-order valence-corrected chi connectivity index (χ0v) is 12.5. The predicted octanol–water partition coefficient (Wildman–Crippen LogP) is 2.37. The molecule has 124 valence electrons. The average Bonchev–Trinajstić information content (AvgIpc) is 2.44. The molecule has 0 aromatic carbocycles. The lowest BCUT2D eigenvalue weighted by molar-refractivity contribution is -0.147. The SMILES string of the molecule is CCCC1CCC(CN)(OCC(=O)NCC(F)(F)F)CC1. The lowest BCUT2D eigenvalue weighted by Gasteiger charge is -2.39. The summed E-state index contributed by atoms with van der Waals surface area (Å²) in [6.07, 6.45) is 1.43. The van der Waals surface area contributed by atoms with Crippen LogP contribution in [0.5, 0.6) is 0 Å². The average molecular weight is 310 g/mol. The molecule has 0 aromatic heterocycles. The Kier molecular flexibility index (Phi) is 6.93. The first kappa shape index (κ1) is 18.2. The Labute approximate surface area is 123 Å². The Morgan fingerprint density at radius 2 is 2.00 bits per heavy atom. The summed E-state index contributed by atoms with van der Waals surface area (Å²) in [5.41, 5.74) is 5.19. The first-order valence-electron chi connectivity index (χ1n) is 7.48. The van der Waals surface area contributed by atoms with Gasteiger partial charge in [-0.25, -0.2) is 0 Å². The molecule has 3 N–H and O–H groups in total. The van der Waals surface area contributed by atoms with Crippen LogP contribution < -0.4 is 11.1 Å². The molecule has 0 unspecified atom stereocenters. The second-order valence-corrected chi connectivity index (χ2v) is 5.80. The third-order valence-corrected chi connectivity index (χ3v) is 4.08. The number of halogens is 3. The largest absolute Gasteiger partial charge is 0.405 e. The summed E-state index contributed by atoms with van der Waals surface area (Å²) in [6.45, 7) is 0.736. The van der Waals surface area contributed by atoms with Gasteiger partial charge in [-0.1, -0.05) is 19.8 Å². The van der Waals surface area contributed by atoms with E-state index >= 15 is 0 Å². The van der Waals surface area contributed by atoms with Crippen LogP contribution in [0.3, 0.4) is 0 Å². The zero-order valence-electron chi connectivity index (χ0n) is 12.5. The maximum atomic E-state index is 12.0. The molecule has 21 heavy (non-hydrogen) atoms. The molecule has 1 amide bonds. The number of alkyl halides is 3. The van der Waals surface area contributed by atoms with Crippen molar-refractivity contribution in [2.45, 2.75) is 57.2 Å². The highest BCUT2D eigenvalue weighted by Crippen LogP contribution is 2.36. The summed E-state index contributed by atoms with van der Waals surface area (Å²) in [4.78, 5) is 11.4. The van der Waals surface area contributed by atoms with Gasteiger partial charge in [0, 0.05) is 6.54 Å². The molecule has 0 heterocycles. The topological polar surface area (TPSA) is 64.3 Å². The molecular weight excluding hydrogens is 285 g/mol. The van der Waals surface area contributed by atoms with E-state index in [4.69, 9.17) is 10.5 Å². The monoisotopic (exact) mass is 310 g/mol. The quantitative estimate of drug-likeness (QED) is 0.759. The van der Waals surface area contributed by atoms with Crippen molar-refractivity contribution in [3.8, 4) is 0 Å². The molecule has 1 fully saturated rings. The second-order valence-electron chi connectivity index (χ2n) is 5.80. The highest BCUT2D eigenvalue weighted by atomic mass is 19.4. The number of nitrogens with one attached hydrogen (secondary N) is 1. The molecule has 4 nitrogen and oxygen atoms in total. The van der Waals surface area contributed by atoms with Crippen LogP contribution in [0.4, 0.5) is 13.2 Å². The van der Waals surface area contributed by atoms with Crippen molar-refractivity contribution in [1.29, 1.82) is 0 Å². The molecule has 0 bridgehead atoms. The fourth-order valence-corrected chi connectivity index (χ4v) is 2.78. The molecule has 1 aliphatic rings. The Morgan fingerprint density at radius 1 is 1.38 bits per heavy atom. The third kappa shape index (κ3) is 6.65. The molecule has 0 aliphatic heterocycles. The van der Waals surface area contributed by atoms with Crippen molar-refractivity contribution in [3.05, 3.63) is 0 Å². The Morgan fingerprint density at radius 3 is 2.48 bits per heavy atom. The van der Waals surface area contributed by atoms with Crippen LogP contribution in [0.1, 0.15) is 45.4 Å². The number of hydrogen-bond acceptors (Lipinski definition) is 3. The number of ether oxygens (including phenoxy) is 1. The molecule has 0 aromatic rings. The van der Waals surface area contributed by atoms with E-state index < -0.39 is 24.2 Å². The van der Waals surface area contributed by atoms with Gasteiger partial charge >= 0.3 is 6.18 Å². The number of carbonyl (C=O) groups excluding carboxylic acids is 1. The molecule has 1 aliphatic carbocycles. The summed E-state index contributed by atoms with van der Waals surface area (Å²) < 4.78 is 41.5. The van der Waals surface area contributed by atoms with E-state index in [0.29, 0.717) is 12.5 Å². The molecule has 7 heteroatoms. The van der Waals surface area contributed by atoms with Gasteiger partial charge < -0.3 is 15.8 Å². The van der Waals surface area contributed by atoms with Crippen LogP contribution in [-0.2, 0) is 9.53 Å². The van der Waals surface area contributed by atoms with Crippen LogP contribution >= 0.6 is 0 Å². The maximum absolute atomic E-state index is 12.0. The molecular formula is C14H25F3N2O2. The van der Waals surface area contributed by atoms with Crippen LogP contribution in [0.2, 0.25) is 0 Å². The standard InChI is InChI=1S/C14H25F3N2O2/c1-2-3-11-4-6-13(9-18,7-5-11)21-8-12(20)19-10-14(15,16)17/h11H,2-10,18H2,1H3,(H,19,20). The van der Waals surface area contributed by atoms with Gasteiger partial charge in [-0.2, -0.15) is 13.2 Å². The summed E-state index contributed by atoms with van der Waals surface area (Å²) in [6, 6.07) is 0. The van der Waals surface area contributed by atoms with Crippen LogP contribution in [0.15, 0.2) is 0 Å². The van der Waals surface area contributed by atoms with E-state index in [-0.39, 0.29) is 6.61 Å². The van der Waals surface area contributed by atoms with Crippen molar-refractivity contribution in [3.63, 3.8) is 0 Å². The summed E-state index contributed by atoms with van der Waals surface area (Å²) in [5.74, 6) is -0.0897. The molecule has 0 radical (unpaired) electrons. The van der Waals surface area contributed by atoms with Gasteiger partial charge in [0.15, 0.2) is 0 Å². The van der Waals surface area contributed by atoms with Crippen molar-refractivity contribution in [1.82, 2.24) is 5.32 Å². The third-order valence-electron chi connectivity index (χ3n) is 4.08. The first-order chi connectivity index (χ1) is 9.80. The van der Waals surface area contributed by atoms with Crippen molar-refractivity contribution in [2.75, 3.05) is 19.7 Å². The minimum Gasteiger partial charge on any atom is -0.364 e. The summed E-state index contributed by atoms with van der Waals surface area (Å²) >= 11 is 0. The lowest BCUT2D eigenvalue weighted by Crippen LogP contribution is -2.46. The highest BCUT2D eigenvalue weighted by molar-refractivity contribution is 5.77. The first-order valence-corrected chi connectivity index (χ1v) is 7.48. The van der Waals surface area contributed by atoms with Gasteiger partial charge in [-0.05, 0) is 31.6 Å². The number of carbonyl (C=O) groups is 1. The fourth-order valence-electron chi connectivity index (χ4n) is 2.78. The Hall–Kier alpha value is -0.820. The van der Waals surface area contributed by atoms with Crippen LogP contribution in [-0.4, -0.2) is 37.4 Å². The van der Waals surface area contributed by atoms with Crippen molar-refractivity contribution < 1.29 is 22.7 Å². The predicted molar refractivity (Wildman–Crippen MR) is 73.7 cm³/mol. The van der Waals surface area contributed by atoms with Gasteiger partial charge in [0.1, 0.15) is 13.2 Å². The molecule has 0 atom stereocenters. The zero-order chi connectivity index (χ0) is 15.9. The molecule has 1 rings (SSSR count).